The molecule has 2 unspecified atom stereocenters. The summed E-state index contributed by atoms with van der Waals surface area (Å²) in [5.74, 6) is 0. The van der Waals surface area contributed by atoms with Gasteiger partial charge in [-0.2, -0.15) is 0 Å². The molecule has 0 aliphatic heterocycles. The van der Waals surface area contributed by atoms with Gasteiger partial charge in [-0.05, 0) is 32.2 Å². The number of hydrogen-bond acceptors (Lipinski definition) is 4. The van der Waals surface area contributed by atoms with Crippen molar-refractivity contribution in [2.24, 2.45) is 5.41 Å². The van der Waals surface area contributed by atoms with Crippen molar-refractivity contribution in [3.8, 4) is 0 Å². The van der Waals surface area contributed by atoms with E-state index >= 15 is 0 Å². The van der Waals surface area contributed by atoms with Crippen LogP contribution in [-0.4, -0.2) is 18.6 Å². The van der Waals surface area contributed by atoms with Gasteiger partial charge in [0, 0.05) is 18.0 Å². The predicted octanol–water partition coefficient (Wildman–Crippen LogP) is 4.25. The van der Waals surface area contributed by atoms with Crippen molar-refractivity contribution in [1.82, 2.24) is 10.3 Å². The molecule has 1 heterocycles. The third-order valence-electron chi connectivity index (χ3n) is 3.19. The molecule has 0 spiro atoms. The zero-order valence-corrected chi connectivity index (χ0v) is 14.1. The number of aryl methyl sites for hydroxylation is 1. The Morgan fingerprint density at radius 2 is 2.00 bits per heavy atom. The van der Waals surface area contributed by atoms with E-state index in [-0.39, 0.29) is 11.5 Å². The number of nitrogens with one attached hydrogen (secondary N) is 1. The van der Waals surface area contributed by atoms with Gasteiger partial charge in [0.05, 0.1) is 5.69 Å². The van der Waals surface area contributed by atoms with Crippen LogP contribution in [0, 0.1) is 12.3 Å². The van der Waals surface area contributed by atoms with E-state index in [0.29, 0.717) is 6.04 Å². The number of hydrogen-bond donors (Lipinski definition) is 1. The molecule has 0 amide bonds. The SMILES string of the molecule is CCCNC(C)c1sc(C(OC)C(C)(C)C)nc1C. The first-order chi connectivity index (χ1) is 8.81. The topological polar surface area (TPSA) is 34.1 Å². The molecule has 0 aromatic carbocycles. The highest BCUT2D eigenvalue weighted by Gasteiger charge is 2.30. The Morgan fingerprint density at radius 3 is 2.47 bits per heavy atom. The number of ether oxygens (including phenoxy) is 1. The average Bonchev–Trinajstić information content (AvgIpc) is 2.67. The number of methoxy groups -OCH3 is 1. The number of nitrogens with zero attached hydrogens (tertiary/aromatic N) is 1. The molecule has 1 aromatic rings. The molecule has 0 saturated heterocycles. The minimum Gasteiger partial charge on any atom is -0.374 e. The smallest absolute Gasteiger partial charge is 0.123 e. The van der Waals surface area contributed by atoms with Gasteiger partial charge >= 0.3 is 0 Å². The zero-order valence-electron chi connectivity index (χ0n) is 13.3. The first-order valence-corrected chi connectivity index (χ1v) is 7.86. The van der Waals surface area contributed by atoms with E-state index in [0.717, 1.165) is 23.7 Å². The van der Waals surface area contributed by atoms with Gasteiger partial charge in [0.2, 0.25) is 0 Å². The highest BCUT2D eigenvalue weighted by molar-refractivity contribution is 7.11. The van der Waals surface area contributed by atoms with E-state index in [2.05, 4.69) is 46.9 Å². The van der Waals surface area contributed by atoms with Crippen molar-refractivity contribution in [1.29, 1.82) is 0 Å². The van der Waals surface area contributed by atoms with E-state index in [1.807, 2.05) is 0 Å². The normalized spacial score (nSPS) is 15.5. The predicted molar refractivity (Wildman–Crippen MR) is 82.8 cm³/mol. The molecule has 0 aliphatic rings. The summed E-state index contributed by atoms with van der Waals surface area (Å²) in [6, 6.07) is 0.365. The van der Waals surface area contributed by atoms with Crippen molar-refractivity contribution in [3.05, 3.63) is 15.6 Å². The molecule has 1 N–H and O–H groups in total. The Bertz CT molecular complexity index is 395. The van der Waals surface area contributed by atoms with Crippen molar-refractivity contribution in [2.75, 3.05) is 13.7 Å². The fourth-order valence-corrected chi connectivity index (χ4v) is 3.64. The third-order valence-corrected chi connectivity index (χ3v) is 4.57. The zero-order chi connectivity index (χ0) is 14.6. The second-order valence-corrected chi connectivity index (χ2v) is 7.22. The molecule has 4 heteroatoms. The standard InChI is InChI=1S/C15H28N2OS/c1-8-9-16-10(2)12-11(3)17-14(19-12)13(18-7)15(4,5)6/h10,13,16H,8-9H2,1-7H3. The lowest BCUT2D eigenvalue weighted by molar-refractivity contribution is 0.0150. The monoisotopic (exact) mass is 284 g/mol. The third kappa shape index (κ3) is 4.26. The van der Waals surface area contributed by atoms with Crippen LogP contribution in [0.4, 0.5) is 0 Å². The summed E-state index contributed by atoms with van der Waals surface area (Å²) < 4.78 is 5.66. The highest BCUT2D eigenvalue weighted by Crippen LogP contribution is 2.39. The number of thiazole rings is 1. The van der Waals surface area contributed by atoms with Gasteiger partial charge in [-0.1, -0.05) is 27.7 Å². The van der Waals surface area contributed by atoms with E-state index in [4.69, 9.17) is 9.72 Å². The van der Waals surface area contributed by atoms with Gasteiger partial charge < -0.3 is 10.1 Å². The number of rotatable bonds is 6. The molecule has 0 fully saturated rings. The van der Waals surface area contributed by atoms with Crippen molar-refractivity contribution < 1.29 is 4.74 Å². The summed E-state index contributed by atoms with van der Waals surface area (Å²) in [5.41, 5.74) is 1.19. The van der Waals surface area contributed by atoms with E-state index in [1.165, 1.54) is 4.88 Å². The number of aromatic nitrogens is 1. The lowest BCUT2D eigenvalue weighted by Crippen LogP contribution is -2.20. The highest BCUT2D eigenvalue weighted by atomic mass is 32.1. The fourth-order valence-electron chi connectivity index (χ4n) is 2.22. The van der Waals surface area contributed by atoms with Gasteiger partial charge in [-0.25, -0.2) is 4.98 Å². The Balaban J connectivity index is 2.95. The first-order valence-electron chi connectivity index (χ1n) is 7.04. The van der Waals surface area contributed by atoms with Crippen molar-refractivity contribution in [2.45, 2.75) is 60.1 Å². The van der Waals surface area contributed by atoms with Crippen LogP contribution in [-0.2, 0) is 4.74 Å². The summed E-state index contributed by atoms with van der Waals surface area (Å²) >= 11 is 1.78. The Hall–Kier alpha value is -0.450. The summed E-state index contributed by atoms with van der Waals surface area (Å²) in [4.78, 5) is 6.06. The van der Waals surface area contributed by atoms with Crippen molar-refractivity contribution >= 4 is 11.3 Å². The largest absolute Gasteiger partial charge is 0.374 e. The lowest BCUT2D eigenvalue weighted by atomic mass is 9.89. The maximum atomic E-state index is 5.66. The summed E-state index contributed by atoms with van der Waals surface area (Å²) in [5, 5.41) is 4.62. The second kappa shape index (κ2) is 6.82. The van der Waals surface area contributed by atoms with Crippen LogP contribution in [0.1, 0.15) is 68.8 Å². The molecule has 110 valence electrons. The molecule has 0 bridgehead atoms. The molecule has 1 aromatic heterocycles. The van der Waals surface area contributed by atoms with E-state index < -0.39 is 0 Å². The van der Waals surface area contributed by atoms with Crippen LogP contribution >= 0.6 is 11.3 Å². The van der Waals surface area contributed by atoms with Crippen molar-refractivity contribution in [3.63, 3.8) is 0 Å². The molecule has 2 atom stereocenters. The van der Waals surface area contributed by atoms with Crippen LogP contribution in [0.15, 0.2) is 0 Å². The van der Waals surface area contributed by atoms with Crippen LogP contribution in [0.5, 0.6) is 0 Å². The Morgan fingerprint density at radius 1 is 1.37 bits per heavy atom. The summed E-state index contributed by atoms with van der Waals surface area (Å²) in [6.45, 7) is 14.1. The lowest BCUT2D eigenvalue weighted by Gasteiger charge is -2.27. The average molecular weight is 284 g/mol. The molecule has 3 nitrogen and oxygen atoms in total. The van der Waals surface area contributed by atoms with Gasteiger partial charge in [0.25, 0.3) is 0 Å². The second-order valence-electron chi connectivity index (χ2n) is 6.16. The van der Waals surface area contributed by atoms with Gasteiger partial charge in [0.1, 0.15) is 11.1 Å². The Labute approximate surface area is 121 Å². The Kier molecular flexibility index (Phi) is 5.96. The molecule has 19 heavy (non-hydrogen) atoms. The molecular formula is C15H28N2OS. The maximum Gasteiger partial charge on any atom is 0.123 e. The maximum absolute atomic E-state index is 5.66. The molecular weight excluding hydrogens is 256 g/mol. The van der Waals surface area contributed by atoms with Gasteiger partial charge in [0.15, 0.2) is 0 Å². The molecule has 0 radical (unpaired) electrons. The first kappa shape index (κ1) is 16.6. The summed E-state index contributed by atoms with van der Waals surface area (Å²) in [7, 11) is 1.77. The minimum atomic E-state index is 0.0586. The molecule has 1 rings (SSSR count). The van der Waals surface area contributed by atoms with E-state index in [1.54, 1.807) is 18.4 Å². The van der Waals surface area contributed by atoms with Gasteiger partial charge in [-0.15, -0.1) is 11.3 Å². The minimum absolute atomic E-state index is 0.0586. The van der Waals surface area contributed by atoms with Crippen LogP contribution in [0.2, 0.25) is 0 Å². The quantitative estimate of drug-likeness (QED) is 0.848. The summed E-state index contributed by atoms with van der Waals surface area (Å²) in [6.07, 6.45) is 1.21. The molecule has 0 aliphatic carbocycles. The van der Waals surface area contributed by atoms with Crippen LogP contribution in [0.25, 0.3) is 0 Å². The molecule has 0 saturated carbocycles. The van der Waals surface area contributed by atoms with E-state index in [9.17, 15) is 0 Å². The fraction of sp³-hybridized carbons (Fsp3) is 0.800. The van der Waals surface area contributed by atoms with Crippen LogP contribution in [0.3, 0.4) is 0 Å². The van der Waals surface area contributed by atoms with Crippen LogP contribution < -0.4 is 5.32 Å². The van der Waals surface area contributed by atoms with Gasteiger partial charge in [-0.3, -0.25) is 0 Å².